The Balaban J connectivity index is 2.94. The van der Waals surface area contributed by atoms with Crippen molar-refractivity contribution in [1.82, 2.24) is 5.32 Å². The van der Waals surface area contributed by atoms with E-state index in [4.69, 9.17) is 0 Å². The summed E-state index contributed by atoms with van der Waals surface area (Å²) in [4.78, 5) is 21.1. The first-order valence-corrected chi connectivity index (χ1v) is 4.68. The Morgan fingerprint density at radius 1 is 1.56 bits per heavy atom. The number of Topliss-reactive ketones (excluding diaryl/α,β-unsaturated/α-hetero) is 1. The highest BCUT2D eigenvalue weighted by Crippen LogP contribution is 2.19. The molecule has 0 radical (unpaired) electrons. The summed E-state index contributed by atoms with van der Waals surface area (Å²) in [6.45, 7) is 0.476. The molecule has 0 heterocycles. The number of hydrogen-bond donors (Lipinski definition) is 1. The van der Waals surface area contributed by atoms with Gasteiger partial charge in [-0.15, -0.1) is 0 Å². The highest BCUT2D eigenvalue weighted by Gasteiger charge is 2.16. The number of carbonyl (C=O) groups excluding carboxylic acids is 1. The number of ketones is 1. The monoisotopic (exact) mass is 226 g/mol. The van der Waals surface area contributed by atoms with Crippen molar-refractivity contribution in [2.75, 3.05) is 13.6 Å². The van der Waals surface area contributed by atoms with Gasteiger partial charge in [0.25, 0.3) is 0 Å². The first-order chi connectivity index (χ1) is 7.56. The second-order valence-electron chi connectivity index (χ2n) is 3.20. The van der Waals surface area contributed by atoms with E-state index in [1.54, 1.807) is 7.05 Å². The molecule has 0 aliphatic rings. The number of carbonyl (C=O) groups is 1. The van der Waals surface area contributed by atoms with Gasteiger partial charge in [-0.2, -0.15) is 4.39 Å². The van der Waals surface area contributed by atoms with Gasteiger partial charge < -0.3 is 5.32 Å². The topological polar surface area (TPSA) is 72.2 Å². The fourth-order valence-corrected chi connectivity index (χ4v) is 1.21. The van der Waals surface area contributed by atoms with Crippen molar-refractivity contribution in [2.45, 2.75) is 6.42 Å². The number of nitro groups is 1. The third-order valence-corrected chi connectivity index (χ3v) is 2.07. The van der Waals surface area contributed by atoms with Gasteiger partial charge in [0.2, 0.25) is 5.82 Å². The van der Waals surface area contributed by atoms with Crippen LogP contribution in [0.5, 0.6) is 0 Å². The maximum atomic E-state index is 13.0. The molecule has 5 nitrogen and oxygen atoms in total. The van der Waals surface area contributed by atoms with Gasteiger partial charge in [-0.05, 0) is 19.2 Å². The lowest BCUT2D eigenvalue weighted by atomic mass is 10.1. The van der Waals surface area contributed by atoms with E-state index in [0.717, 1.165) is 12.1 Å². The Kier molecular flexibility index (Phi) is 4.07. The number of nitro benzene ring substituents is 1. The lowest BCUT2D eigenvalue weighted by molar-refractivity contribution is -0.387. The zero-order valence-corrected chi connectivity index (χ0v) is 8.70. The minimum atomic E-state index is -0.935. The predicted octanol–water partition coefficient (Wildman–Crippen LogP) is 1.53. The molecule has 0 unspecified atom stereocenters. The van der Waals surface area contributed by atoms with E-state index in [-0.39, 0.29) is 17.8 Å². The first kappa shape index (κ1) is 12.3. The van der Waals surface area contributed by atoms with Crippen LogP contribution in [0, 0.1) is 15.9 Å². The van der Waals surface area contributed by atoms with Gasteiger partial charge >= 0.3 is 5.69 Å². The zero-order chi connectivity index (χ0) is 12.1. The quantitative estimate of drug-likeness (QED) is 0.469. The molecule has 0 aliphatic heterocycles. The van der Waals surface area contributed by atoms with E-state index in [1.165, 1.54) is 6.07 Å². The average molecular weight is 226 g/mol. The van der Waals surface area contributed by atoms with Gasteiger partial charge in [-0.3, -0.25) is 14.9 Å². The fraction of sp³-hybridized carbons (Fsp3) is 0.300. The minimum Gasteiger partial charge on any atom is -0.319 e. The highest BCUT2D eigenvalue weighted by molar-refractivity contribution is 5.96. The van der Waals surface area contributed by atoms with Crippen LogP contribution in [0.15, 0.2) is 18.2 Å². The first-order valence-electron chi connectivity index (χ1n) is 4.68. The maximum Gasteiger partial charge on any atom is 0.305 e. The fourth-order valence-electron chi connectivity index (χ4n) is 1.21. The molecule has 0 spiro atoms. The van der Waals surface area contributed by atoms with E-state index in [2.05, 4.69) is 5.32 Å². The maximum absolute atomic E-state index is 13.0. The second kappa shape index (κ2) is 5.32. The van der Waals surface area contributed by atoms with Crippen LogP contribution < -0.4 is 5.32 Å². The van der Waals surface area contributed by atoms with Crippen LogP contribution in [-0.4, -0.2) is 24.3 Å². The molecule has 0 saturated heterocycles. The Labute approximate surface area is 91.4 Å². The van der Waals surface area contributed by atoms with Crippen molar-refractivity contribution in [3.63, 3.8) is 0 Å². The van der Waals surface area contributed by atoms with Crippen LogP contribution in [0.2, 0.25) is 0 Å². The molecule has 0 amide bonds. The van der Waals surface area contributed by atoms with Crippen molar-refractivity contribution in [3.05, 3.63) is 39.7 Å². The van der Waals surface area contributed by atoms with Crippen LogP contribution >= 0.6 is 0 Å². The predicted molar refractivity (Wildman–Crippen MR) is 55.9 cm³/mol. The smallest absolute Gasteiger partial charge is 0.305 e. The lowest BCUT2D eigenvalue weighted by Gasteiger charge is -2.01. The Bertz CT molecular complexity index is 421. The van der Waals surface area contributed by atoms with Crippen LogP contribution in [0.4, 0.5) is 10.1 Å². The highest BCUT2D eigenvalue weighted by atomic mass is 19.1. The van der Waals surface area contributed by atoms with Gasteiger partial charge in [-0.25, -0.2) is 0 Å². The number of nitrogens with one attached hydrogen (secondary N) is 1. The molecule has 0 atom stereocenters. The summed E-state index contributed by atoms with van der Waals surface area (Å²) >= 11 is 0. The van der Waals surface area contributed by atoms with E-state index in [9.17, 15) is 19.3 Å². The number of nitrogens with zero attached hydrogens (tertiary/aromatic N) is 1. The molecule has 1 aromatic rings. The summed E-state index contributed by atoms with van der Waals surface area (Å²) < 4.78 is 13.0. The Hall–Kier alpha value is -1.82. The summed E-state index contributed by atoms with van der Waals surface area (Å²) in [7, 11) is 1.69. The summed E-state index contributed by atoms with van der Waals surface area (Å²) in [5, 5.41) is 13.2. The van der Waals surface area contributed by atoms with Gasteiger partial charge in [0.05, 0.1) is 4.92 Å². The third-order valence-electron chi connectivity index (χ3n) is 2.07. The zero-order valence-electron chi connectivity index (χ0n) is 8.70. The average Bonchev–Trinajstić information content (AvgIpc) is 2.26. The van der Waals surface area contributed by atoms with Gasteiger partial charge in [-0.1, -0.05) is 0 Å². The normalized spacial score (nSPS) is 10.1. The Morgan fingerprint density at radius 2 is 2.25 bits per heavy atom. The molecule has 16 heavy (non-hydrogen) atoms. The van der Waals surface area contributed by atoms with Crippen molar-refractivity contribution in [3.8, 4) is 0 Å². The molecule has 0 aliphatic carbocycles. The Morgan fingerprint density at radius 3 is 2.81 bits per heavy atom. The van der Waals surface area contributed by atoms with Crippen molar-refractivity contribution >= 4 is 11.5 Å². The van der Waals surface area contributed by atoms with Gasteiger partial charge in [0.1, 0.15) is 0 Å². The molecule has 6 heteroatoms. The van der Waals surface area contributed by atoms with Crippen LogP contribution in [0.1, 0.15) is 16.8 Å². The van der Waals surface area contributed by atoms with E-state index in [1.807, 2.05) is 0 Å². The molecule has 0 fully saturated rings. The molecule has 1 rings (SSSR count). The van der Waals surface area contributed by atoms with E-state index < -0.39 is 16.4 Å². The summed E-state index contributed by atoms with van der Waals surface area (Å²) in [5.41, 5.74) is -0.515. The van der Waals surface area contributed by atoms with E-state index in [0.29, 0.717) is 6.54 Å². The molecule has 1 N–H and O–H groups in total. The molecule has 0 saturated carbocycles. The molecular weight excluding hydrogens is 215 g/mol. The van der Waals surface area contributed by atoms with Crippen molar-refractivity contribution < 1.29 is 14.1 Å². The number of rotatable bonds is 5. The largest absolute Gasteiger partial charge is 0.319 e. The molecular formula is C10H11FN2O3. The lowest BCUT2D eigenvalue weighted by Crippen LogP contribution is -2.13. The standard InChI is InChI=1S/C10H11FN2O3/c1-12-5-4-10(14)7-2-3-8(11)9(6-7)13(15)16/h2-3,6,12H,4-5H2,1H3. The summed E-state index contributed by atoms with van der Waals surface area (Å²) in [6, 6.07) is 3.15. The van der Waals surface area contributed by atoms with Crippen molar-refractivity contribution in [2.24, 2.45) is 0 Å². The minimum absolute atomic E-state index is 0.156. The molecule has 1 aromatic carbocycles. The molecule has 0 aromatic heterocycles. The van der Waals surface area contributed by atoms with Crippen LogP contribution in [0.25, 0.3) is 0 Å². The van der Waals surface area contributed by atoms with Crippen LogP contribution in [-0.2, 0) is 0 Å². The SMILES string of the molecule is CNCCC(=O)c1ccc(F)c([N+](=O)[O-])c1. The number of halogens is 1. The molecule has 86 valence electrons. The molecule has 0 bridgehead atoms. The number of hydrogen-bond acceptors (Lipinski definition) is 4. The van der Waals surface area contributed by atoms with E-state index >= 15 is 0 Å². The number of benzene rings is 1. The second-order valence-corrected chi connectivity index (χ2v) is 3.20. The van der Waals surface area contributed by atoms with Gasteiger partial charge in [0, 0.05) is 24.6 Å². The van der Waals surface area contributed by atoms with Crippen LogP contribution in [0.3, 0.4) is 0 Å². The van der Waals surface area contributed by atoms with Gasteiger partial charge in [0.15, 0.2) is 5.78 Å². The summed E-state index contributed by atoms with van der Waals surface area (Å²) in [5.74, 6) is -1.19. The third kappa shape index (κ3) is 2.83. The summed E-state index contributed by atoms with van der Waals surface area (Å²) in [6.07, 6.45) is 0.222. The van der Waals surface area contributed by atoms with Crippen molar-refractivity contribution in [1.29, 1.82) is 0 Å².